The summed E-state index contributed by atoms with van der Waals surface area (Å²) in [6.45, 7) is 0. The van der Waals surface area contributed by atoms with Crippen molar-refractivity contribution in [2.45, 2.75) is 12.2 Å². The predicted molar refractivity (Wildman–Crippen MR) is 53.7 cm³/mol. The highest BCUT2D eigenvalue weighted by Gasteiger charge is 2.38. The molecule has 0 fully saturated rings. The van der Waals surface area contributed by atoms with E-state index < -0.39 is 12.2 Å². The van der Waals surface area contributed by atoms with Crippen molar-refractivity contribution >= 4 is 15.9 Å². The highest BCUT2D eigenvalue weighted by molar-refractivity contribution is 9.10. The number of methoxy groups -OCH3 is 1. The van der Waals surface area contributed by atoms with Crippen molar-refractivity contribution in [2.24, 2.45) is 5.73 Å². The van der Waals surface area contributed by atoms with Gasteiger partial charge in [-0.05, 0) is 17.7 Å². The van der Waals surface area contributed by atoms with E-state index in [9.17, 15) is 13.2 Å². The molecule has 84 valence electrons. The first-order chi connectivity index (χ1) is 6.86. The number of alkyl halides is 3. The molecule has 0 bridgehead atoms. The van der Waals surface area contributed by atoms with Gasteiger partial charge >= 0.3 is 6.18 Å². The summed E-state index contributed by atoms with van der Waals surface area (Å²) < 4.78 is 42.1. The minimum Gasteiger partial charge on any atom is -0.497 e. The number of ether oxygens (including phenoxy) is 1. The van der Waals surface area contributed by atoms with Gasteiger partial charge in [0.15, 0.2) is 0 Å². The Kier molecular flexibility index (Phi) is 3.62. The van der Waals surface area contributed by atoms with Crippen LogP contribution in [0.1, 0.15) is 11.6 Å². The molecule has 2 N–H and O–H groups in total. The van der Waals surface area contributed by atoms with Crippen LogP contribution in [0.3, 0.4) is 0 Å². The number of rotatable bonds is 2. The van der Waals surface area contributed by atoms with Crippen LogP contribution < -0.4 is 10.5 Å². The Bertz CT molecular complexity index is 354. The van der Waals surface area contributed by atoms with E-state index in [4.69, 9.17) is 10.5 Å². The summed E-state index contributed by atoms with van der Waals surface area (Å²) >= 11 is 3.02. The third-order valence-corrected chi connectivity index (χ3v) is 2.58. The molecule has 6 heteroatoms. The molecule has 0 amide bonds. The zero-order valence-corrected chi connectivity index (χ0v) is 9.39. The van der Waals surface area contributed by atoms with Gasteiger partial charge in [0.25, 0.3) is 0 Å². The molecule has 1 unspecified atom stereocenters. The molecule has 1 atom stereocenters. The second kappa shape index (κ2) is 4.40. The lowest BCUT2D eigenvalue weighted by atomic mass is 10.1. The minimum atomic E-state index is -4.45. The molecule has 0 aliphatic heterocycles. The molecular formula is C9H9BrF3NO. The fraction of sp³-hybridized carbons (Fsp3) is 0.333. The molecule has 0 saturated heterocycles. The van der Waals surface area contributed by atoms with Gasteiger partial charge in [-0.25, -0.2) is 0 Å². The average molecular weight is 284 g/mol. The van der Waals surface area contributed by atoms with E-state index in [0.717, 1.165) is 0 Å². The number of benzene rings is 1. The van der Waals surface area contributed by atoms with Gasteiger partial charge in [-0.3, -0.25) is 0 Å². The molecule has 1 aromatic carbocycles. The summed E-state index contributed by atoms with van der Waals surface area (Å²) in [5.74, 6) is 0.472. The zero-order valence-electron chi connectivity index (χ0n) is 7.81. The van der Waals surface area contributed by atoms with Crippen LogP contribution in [0.25, 0.3) is 0 Å². The van der Waals surface area contributed by atoms with Crippen molar-refractivity contribution in [3.63, 3.8) is 0 Å². The zero-order chi connectivity index (χ0) is 11.6. The summed E-state index contributed by atoms with van der Waals surface area (Å²) in [5.41, 5.74) is 5.06. The lowest BCUT2D eigenvalue weighted by Crippen LogP contribution is -2.28. The molecule has 1 aromatic rings. The number of hydrogen-bond donors (Lipinski definition) is 1. The first-order valence-corrected chi connectivity index (χ1v) is 4.81. The summed E-state index contributed by atoms with van der Waals surface area (Å²) in [4.78, 5) is 0. The van der Waals surface area contributed by atoms with Crippen LogP contribution in [0.4, 0.5) is 13.2 Å². The minimum absolute atomic E-state index is 0.0108. The van der Waals surface area contributed by atoms with Gasteiger partial charge in [0, 0.05) is 4.47 Å². The molecule has 2 nitrogen and oxygen atoms in total. The van der Waals surface area contributed by atoms with E-state index >= 15 is 0 Å². The van der Waals surface area contributed by atoms with Crippen molar-refractivity contribution < 1.29 is 17.9 Å². The van der Waals surface area contributed by atoms with E-state index in [1.165, 1.54) is 25.3 Å². The van der Waals surface area contributed by atoms with Crippen LogP contribution in [-0.2, 0) is 0 Å². The molecule has 0 radical (unpaired) electrons. The van der Waals surface area contributed by atoms with Crippen LogP contribution in [0.5, 0.6) is 5.75 Å². The highest BCUT2D eigenvalue weighted by Crippen LogP contribution is 2.35. The smallest absolute Gasteiger partial charge is 0.407 e. The Balaban J connectivity index is 3.06. The Morgan fingerprint density at radius 1 is 1.40 bits per heavy atom. The lowest BCUT2D eigenvalue weighted by Gasteiger charge is -2.17. The Morgan fingerprint density at radius 2 is 2.00 bits per heavy atom. The van der Waals surface area contributed by atoms with Gasteiger partial charge < -0.3 is 10.5 Å². The van der Waals surface area contributed by atoms with Crippen molar-refractivity contribution in [3.05, 3.63) is 28.2 Å². The maximum Gasteiger partial charge on any atom is 0.407 e. The van der Waals surface area contributed by atoms with Crippen LogP contribution in [-0.4, -0.2) is 13.3 Å². The second-order valence-corrected chi connectivity index (χ2v) is 3.76. The molecule has 0 heterocycles. The standard InChI is InChI=1S/C9H9BrF3NO/c1-15-5-2-3-6(7(10)4-5)8(14)9(11,12)13/h2-4,8H,14H2,1H3. The Hall–Kier alpha value is -0.750. The summed E-state index contributed by atoms with van der Waals surface area (Å²) in [6, 6.07) is 2.19. The van der Waals surface area contributed by atoms with Crippen LogP contribution in [0, 0.1) is 0 Å². The normalized spacial score (nSPS) is 13.7. The number of hydrogen-bond acceptors (Lipinski definition) is 2. The molecule has 0 aliphatic rings. The van der Waals surface area contributed by atoms with E-state index in [-0.39, 0.29) is 10.0 Å². The topological polar surface area (TPSA) is 35.2 Å². The number of nitrogens with two attached hydrogens (primary N) is 1. The van der Waals surface area contributed by atoms with Gasteiger partial charge in [-0.15, -0.1) is 0 Å². The predicted octanol–water partition coefficient (Wildman–Crippen LogP) is 3.02. The van der Waals surface area contributed by atoms with Gasteiger partial charge in [-0.2, -0.15) is 13.2 Å². The fourth-order valence-electron chi connectivity index (χ4n) is 1.06. The van der Waals surface area contributed by atoms with Gasteiger partial charge in [0.1, 0.15) is 11.8 Å². The molecule has 15 heavy (non-hydrogen) atoms. The van der Waals surface area contributed by atoms with Crippen LogP contribution >= 0.6 is 15.9 Å². The third kappa shape index (κ3) is 2.85. The van der Waals surface area contributed by atoms with Gasteiger partial charge in [0.05, 0.1) is 7.11 Å². The molecule has 1 rings (SSSR count). The van der Waals surface area contributed by atoms with E-state index in [1.807, 2.05) is 0 Å². The fourth-order valence-corrected chi connectivity index (χ4v) is 1.67. The summed E-state index contributed by atoms with van der Waals surface area (Å²) in [7, 11) is 1.44. The molecular weight excluding hydrogens is 275 g/mol. The van der Waals surface area contributed by atoms with Crippen LogP contribution in [0.15, 0.2) is 22.7 Å². The highest BCUT2D eigenvalue weighted by atomic mass is 79.9. The number of halogens is 4. The van der Waals surface area contributed by atoms with E-state index in [2.05, 4.69) is 15.9 Å². The first kappa shape index (κ1) is 12.3. The van der Waals surface area contributed by atoms with Crippen molar-refractivity contribution in [2.75, 3.05) is 7.11 Å². The van der Waals surface area contributed by atoms with Crippen LogP contribution in [0.2, 0.25) is 0 Å². The maximum absolute atomic E-state index is 12.3. The SMILES string of the molecule is COc1ccc(C(N)C(F)(F)F)c(Br)c1. The average Bonchev–Trinajstić information content (AvgIpc) is 2.15. The third-order valence-electron chi connectivity index (χ3n) is 1.90. The molecule has 0 spiro atoms. The monoisotopic (exact) mass is 283 g/mol. The maximum atomic E-state index is 12.3. The van der Waals surface area contributed by atoms with Gasteiger partial charge in [-0.1, -0.05) is 22.0 Å². The first-order valence-electron chi connectivity index (χ1n) is 4.02. The van der Waals surface area contributed by atoms with E-state index in [1.54, 1.807) is 0 Å². The largest absolute Gasteiger partial charge is 0.497 e. The van der Waals surface area contributed by atoms with Crippen molar-refractivity contribution in [3.8, 4) is 5.75 Å². The Morgan fingerprint density at radius 3 is 2.40 bits per heavy atom. The van der Waals surface area contributed by atoms with E-state index in [0.29, 0.717) is 5.75 Å². The Labute approximate surface area is 93.3 Å². The quantitative estimate of drug-likeness (QED) is 0.906. The van der Waals surface area contributed by atoms with Crippen molar-refractivity contribution in [1.29, 1.82) is 0 Å². The summed E-state index contributed by atoms with van der Waals surface area (Å²) in [5, 5.41) is 0. The molecule has 0 saturated carbocycles. The van der Waals surface area contributed by atoms with Crippen molar-refractivity contribution in [1.82, 2.24) is 0 Å². The lowest BCUT2D eigenvalue weighted by molar-refractivity contribution is -0.149. The summed E-state index contributed by atoms with van der Waals surface area (Å²) in [6.07, 6.45) is -4.45. The second-order valence-electron chi connectivity index (χ2n) is 2.91. The molecule has 0 aliphatic carbocycles. The molecule has 0 aromatic heterocycles. The van der Waals surface area contributed by atoms with Gasteiger partial charge in [0.2, 0.25) is 0 Å².